The van der Waals surface area contributed by atoms with Crippen LogP contribution in [0.2, 0.25) is 0 Å². The van der Waals surface area contributed by atoms with Crippen molar-refractivity contribution < 1.29 is 9.18 Å². The maximum Gasteiger partial charge on any atom is 0.228 e. The highest BCUT2D eigenvalue weighted by Gasteiger charge is 2.26. The predicted octanol–water partition coefficient (Wildman–Crippen LogP) is 3.42. The largest absolute Gasteiger partial charge is 0.342 e. The molecule has 2 aromatic heterocycles. The predicted molar refractivity (Wildman–Crippen MR) is 95.2 cm³/mol. The lowest BCUT2D eigenvalue weighted by Crippen LogP contribution is -2.39. The number of rotatable bonds is 3. The SMILES string of the molecule is Cc1nc(CC(=O)N2CCC(c3nc4ccc(F)cc4[nH]3)CC2)cs1. The quantitative estimate of drug-likeness (QED) is 0.780. The Balaban J connectivity index is 1.39. The first-order valence-corrected chi connectivity index (χ1v) is 9.30. The number of nitrogens with zero attached hydrogens (tertiary/aromatic N) is 3. The molecule has 1 fully saturated rings. The zero-order valence-corrected chi connectivity index (χ0v) is 14.8. The number of piperidine rings is 1. The number of carbonyl (C=O) groups is 1. The van der Waals surface area contributed by atoms with Crippen molar-refractivity contribution in [2.45, 2.75) is 32.1 Å². The standard InChI is InChI=1S/C18H19FN4OS/c1-11-20-14(10-25-11)9-17(24)23-6-4-12(5-7-23)18-21-15-3-2-13(19)8-16(15)22-18/h2-3,8,10,12H,4-7,9H2,1H3,(H,21,22). The number of carbonyl (C=O) groups excluding carboxylic acids is 1. The topological polar surface area (TPSA) is 61.9 Å². The molecule has 0 aliphatic carbocycles. The lowest BCUT2D eigenvalue weighted by Gasteiger charge is -2.31. The lowest BCUT2D eigenvalue weighted by molar-refractivity contribution is -0.131. The molecule has 1 aliphatic heterocycles. The number of H-pyrrole nitrogens is 1. The Morgan fingerprint density at radius 1 is 1.36 bits per heavy atom. The maximum absolute atomic E-state index is 13.3. The molecule has 0 radical (unpaired) electrons. The number of fused-ring (bicyclic) bond motifs is 1. The van der Waals surface area contributed by atoms with Crippen LogP contribution in [-0.2, 0) is 11.2 Å². The Hall–Kier alpha value is -2.28. The van der Waals surface area contributed by atoms with Crippen molar-refractivity contribution in [2.75, 3.05) is 13.1 Å². The van der Waals surface area contributed by atoms with E-state index in [1.807, 2.05) is 17.2 Å². The van der Waals surface area contributed by atoms with Gasteiger partial charge in [-0.1, -0.05) is 0 Å². The smallest absolute Gasteiger partial charge is 0.228 e. The molecular weight excluding hydrogens is 339 g/mol. The van der Waals surface area contributed by atoms with E-state index in [0.717, 1.165) is 53.5 Å². The molecule has 0 saturated carbocycles. The minimum absolute atomic E-state index is 0.135. The average molecular weight is 358 g/mol. The van der Waals surface area contributed by atoms with E-state index >= 15 is 0 Å². The highest BCUT2D eigenvalue weighted by Crippen LogP contribution is 2.28. The summed E-state index contributed by atoms with van der Waals surface area (Å²) >= 11 is 1.57. The number of aromatic nitrogens is 3. The number of nitrogens with one attached hydrogen (secondary N) is 1. The van der Waals surface area contributed by atoms with Gasteiger partial charge >= 0.3 is 0 Å². The Bertz CT molecular complexity index is 911. The molecule has 1 saturated heterocycles. The summed E-state index contributed by atoms with van der Waals surface area (Å²) in [6.07, 6.45) is 2.10. The summed E-state index contributed by atoms with van der Waals surface area (Å²) in [5.74, 6) is 1.04. The van der Waals surface area contributed by atoms with E-state index in [-0.39, 0.29) is 17.6 Å². The van der Waals surface area contributed by atoms with Gasteiger partial charge in [0.2, 0.25) is 5.91 Å². The molecule has 3 aromatic rings. The average Bonchev–Trinajstić information content (AvgIpc) is 3.20. The second-order valence-corrected chi connectivity index (χ2v) is 7.54. The second-order valence-electron chi connectivity index (χ2n) is 6.47. The van der Waals surface area contributed by atoms with Crippen molar-refractivity contribution in [2.24, 2.45) is 0 Å². The summed E-state index contributed by atoms with van der Waals surface area (Å²) in [5, 5.41) is 2.94. The van der Waals surface area contributed by atoms with E-state index in [2.05, 4.69) is 15.0 Å². The van der Waals surface area contributed by atoms with Gasteiger partial charge in [-0.15, -0.1) is 11.3 Å². The summed E-state index contributed by atoms with van der Waals surface area (Å²) in [5.41, 5.74) is 2.37. The van der Waals surface area contributed by atoms with Crippen LogP contribution in [0.1, 0.15) is 35.3 Å². The third-order valence-corrected chi connectivity index (χ3v) is 5.52. The van der Waals surface area contributed by atoms with Crippen molar-refractivity contribution in [3.05, 3.63) is 45.9 Å². The monoisotopic (exact) mass is 358 g/mol. The van der Waals surface area contributed by atoms with Crippen molar-refractivity contribution in [3.63, 3.8) is 0 Å². The summed E-state index contributed by atoms with van der Waals surface area (Å²) in [4.78, 5) is 26.5. The van der Waals surface area contributed by atoms with E-state index in [1.165, 1.54) is 12.1 Å². The van der Waals surface area contributed by atoms with Crippen LogP contribution in [0, 0.1) is 12.7 Å². The van der Waals surface area contributed by atoms with Crippen LogP contribution in [0.5, 0.6) is 0 Å². The van der Waals surface area contributed by atoms with E-state index in [0.29, 0.717) is 6.42 Å². The number of aryl methyl sites for hydroxylation is 1. The van der Waals surface area contributed by atoms with Gasteiger partial charge in [-0.3, -0.25) is 4.79 Å². The number of thiazole rings is 1. The van der Waals surface area contributed by atoms with Gasteiger partial charge < -0.3 is 9.88 Å². The van der Waals surface area contributed by atoms with E-state index in [1.54, 1.807) is 17.4 Å². The van der Waals surface area contributed by atoms with Gasteiger partial charge in [-0.25, -0.2) is 14.4 Å². The van der Waals surface area contributed by atoms with E-state index < -0.39 is 0 Å². The van der Waals surface area contributed by atoms with Crippen molar-refractivity contribution >= 4 is 28.3 Å². The Morgan fingerprint density at radius 2 is 2.16 bits per heavy atom. The summed E-state index contributed by atoms with van der Waals surface area (Å²) in [6.45, 7) is 3.39. The number of hydrogen-bond acceptors (Lipinski definition) is 4. The van der Waals surface area contributed by atoms with Crippen LogP contribution in [0.15, 0.2) is 23.6 Å². The van der Waals surface area contributed by atoms with Gasteiger partial charge in [0.1, 0.15) is 11.6 Å². The highest BCUT2D eigenvalue weighted by molar-refractivity contribution is 7.09. The molecule has 0 bridgehead atoms. The van der Waals surface area contributed by atoms with E-state index in [9.17, 15) is 9.18 Å². The van der Waals surface area contributed by atoms with Gasteiger partial charge in [-0.05, 0) is 38.0 Å². The molecule has 0 atom stereocenters. The summed E-state index contributed by atoms with van der Waals surface area (Å²) in [6, 6.07) is 4.59. The lowest BCUT2D eigenvalue weighted by atomic mass is 9.96. The Kier molecular flexibility index (Phi) is 4.25. The van der Waals surface area contributed by atoms with Crippen molar-refractivity contribution in [3.8, 4) is 0 Å². The fourth-order valence-corrected chi connectivity index (χ4v) is 3.97. The van der Waals surface area contributed by atoms with Crippen molar-refractivity contribution in [1.29, 1.82) is 0 Å². The molecule has 7 heteroatoms. The molecule has 130 valence electrons. The number of benzene rings is 1. The Morgan fingerprint density at radius 3 is 2.88 bits per heavy atom. The summed E-state index contributed by atoms with van der Waals surface area (Å²) < 4.78 is 13.3. The first kappa shape index (κ1) is 16.2. The fourth-order valence-electron chi connectivity index (χ4n) is 3.35. The fraction of sp³-hybridized carbons (Fsp3) is 0.389. The first-order valence-electron chi connectivity index (χ1n) is 8.42. The first-order chi connectivity index (χ1) is 12.1. The number of aromatic amines is 1. The number of likely N-dealkylation sites (tertiary alicyclic amines) is 1. The second kappa shape index (κ2) is 6.55. The number of hydrogen-bond donors (Lipinski definition) is 1. The zero-order valence-electron chi connectivity index (χ0n) is 14.0. The molecule has 1 aromatic carbocycles. The zero-order chi connectivity index (χ0) is 17.4. The molecule has 3 heterocycles. The van der Waals surface area contributed by atoms with Gasteiger partial charge in [0.15, 0.2) is 0 Å². The minimum Gasteiger partial charge on any atom is -0.342 e. The van der Waals surface area contributed by atoms with Gasteiger partial charge in [0.05, 0.1) is 28.2 Å². The third kappa shape index (κ3) is 3.42. The molecule has 25 heavy (non-hydrogen) atoms. The molecule has 4 rings (SSSR count). The van der Waals surface area contributed by atoms with E-state index in [4.69, 9.17) is 0 Å². The highest BCUT2D eigenvalue weighted by atomic mass is 32.1. The number of amides is 1. The van der Waals surface area contributed by atoms with Crippen LogP contribution in [-0.4, -0.2) is 38.8 Å². The number of imidazole rings is 1. The third-order valence-electron chi connectivity index (χ3n) is 4.70. The molecule has 1 amide bonds. The van der Waals surface area contributed by atoms with Crippen LogP contribution in [0.25, 0.3) is 11.0 Å². The molecule has 5 nitrogen and oxygen atoms in total. The van der Waals surface area contributed by atoms with Gasteiger partial charge in [0, 0.05) is 24.4 Å². The minimum atomic E-state index is -0.264. The van der Waals surface area contributed by atoms with Crippen LogP contribution >= 0.6 is 11.3 Å². The summed E-state index contributed by atoms with van der Waals surface area (Å²) in [7, 11) is 0. The van der Waals surface area contributed by atoms with Crippen LogP contribution in [0.3, 0.4) is 0 Å². The normalized spacial score (nSPS) is 15.8. The van der Waals surface area contributed by atoms with Crippen LogP contribution < -0.4 is 0 Å². The van der Waals surface area contributed by atoms with Gasteiger partial charge in [0.25, 0.3) is 0 Å². The maximum atomic E-state index is 13.3. The molecule has 1 aliphatic rings. The van der Waals surface area contributed by atoms with Crippen LogP contribution in [0.4, 0.5) is 4.39 Å². The van der Waals surface area contributed by atoms with Gasteiger partial charge in [-0.2, -0.15) is 0 Å². The molecule has 1 N–H and O–H groups in total. The molecular formula is C18H19FN4OS. The Labute approximate surface area is 148 Å². The molecule has 0 unspecified atom stereocenters. The number of halogens is 1. The van der Waals surface area contributed by atoms with Crippen molar-refractivity contribution in [1.82, 2.24) is 19.9 Å². The molecule has 0 spiro atoms.